The SMILES string of the molecule is O[C@@H](C[C@H]1CCCCC[C@@H]1O)c1ccccc1. The van der Waals surface area contributed by atoms with E-state index in [-0.39, 0.29) is 12.0 Å². The molecule has 0 unspecified atom stereocenters. The van der Waals surface area contributed by atoms with Crippen molar-refractivity contribution in [1.29, 1.82) is 0 Å². The zero-order valence-corrected chi connectivity index (χ0v) is 10.3. The molecule has 1 aliphatic carbocycles. The van der Waals surface area contributed by atoms with Gasteiger partial charge in [0.05, 0.1) is 12.2 Å². The van der Waals surface area contributed by atoms with Crippen molar-refractivity contribution in [2.75, 3.05) is 0 Å². The highest BCUT2D eigenvalue weighted by molar-refractivity contribution is 5.17. The standard InChI is InChI=1S/C15H22O2/c16-14-10-6-2-5-9-13(14)11-15(17)12-7-3-1-4-8-12/h1,3-4,7-8,13-17H,2,5-6,9-11H2/t13-,14+,15+/m1/s1. The molecule has 2 heteroatoms. The molecule has 0 aliphatic heterocycles. The van der Waals surface area contributed by atoms with Crippen LogP contribution in [0.15, 0.2) is 30.3 Å². The summed E-state index contributed by atoms with van der Waals surface area (Å²) in [4.78, 5) is 0. The van der Waals surface area contributed by atoms with E-state index < -0.39 is 6.10 Å². The van der Waals surface area contributed by atoms with Gasteiger partial charge < -0.3 is 10.2 Å². The van der Waals surface area contributed by atoms with Crippen LogP contribution in [-0.4, -0.2) is 16.3 Å². The molecule has 2 nitrogen and oxygen atoms in total. The minimum atomic E-state index is -0.436. The molecule has 0 heterocycles. The minimum Gasteiger partial charge on any atom is -0.393 e. The van der Waals surface area contributed by atoms with E-state index in [1.165, 1.54) is 12.8 Å². The summed E-state index contributed by atoms with van der Waals surface area (Å²) >= 11 is 0. The number of hydrogen-bond acceptors (Lipinski definition) is 2. The van der Waals surface area contributed by atoms with E-state index in [1.807, 2.05) is 30.3 Å². The summed E-state index contributed by atoms with van der Waals surface area (Å²) in [7, 11) is 0. The van der Waals surface area contributed by atoms with Gasteiger partial charge in [0, 0.05) is 0 Å². The second-order valence-corrected chi connectivity index (χ2v) is 5.13. The summed E-state index contributed by atoms with van der Waals surface area (Å²) in [5.74, 6) is 0.257. The first-order valence-electron chi connectivity index (χ1n) is 6.68. The van der Waals surface area contributed by atoms with E-state index >= 15 is 0 Å². The fourth-order valence-corrected chi connectivity index (χ4v) is 2.74. The third kappa shape index (κ3) is 3.55. The van der Waals surface area contributed by atoms with Crippen LogP contribution in [0.3, 0.4) is 0 Å². The molecular weight excluding hydrogens is 212 g/mol. The third-order valence-corrected chi connectivity index (χ3v) is 3.83. The van der Waals surface area contributed by atoms with Gasteiger partial charge in [-0.3, -0.25) is 0 Å². The molecule has 0 saturated heterocycles. The first kappa shape index (κ1) is 12.6. The maximum absolute atomic E-state index is 10.2. The zero-order chi connectivity index (χ0) is 12.1. The van der Waals surface area contributed by atoms with E-state index in [4.69, 9.17) is 0 Å². The van der Waals surface area contributed by atoms with Gasteiger partial charge in [-0.15, -0.1) is 0 Å². The lowest BCUT2D eigenvalue weighted by atomic mass is 9.89. The highest BCUT2D eigenvalue weighted by atomic mass is 16.3. The van der Waals surface area contributed by atoms with Crippen molar-refractivity contribution >= 4 is 0 Å². The van der Waals surface area contributed by atoms with E-state index in [9.17, 15) is 10.2 Å². The molecule has 94 valence electrons. The molecule has 0 amide bonds. The van der Waals surface area contributed by atoms with Crippen LogP contribution in [0.5, 0.6) is 0 Å². The van der Waals surface area contributed by atoms with E-state index in [1.54, 1.807) is 0 Å². The number of benzene rings is 1. The van der Waals surface area contributed by atoms with Crippen molar-refractivity contribution in [2.45, 2.75) is 50.7 Å². The Bertz CT molecular complexity index is 323. The van der Waals surface area contributed by atoms with Crippen LogP contribution >= 0.6 is 0 Å². The molecule has 1 saturated carbocycles. The van der Waals surface area contributed by atoms with Crippen molar-refractivity contribution in [1.82, 2.24) is 0 Å². The molecule has 1 aliphatic rings. The van der Waals surface area contributed by atoms with Gasteiger partial charge in [0.25, 0.3) is 0 Å². The monoisotopic (exact) mass is 234 g/mol. The maximum Gasteiger partial charge on any atom is 0.0793 e. The second-order valence-electron chi connectivity index (χ2n) is 5.13. The average molecular weight is 234 g/mol. The molecule has 0 radical (unpaired) electrons. The molecule has 0 spiro atoms. The lowest BCUT2D eigenvalue weighted by molar-refractivity contribution is 0.0565. The summed E-state index contributed by atoms with van der Waals surface area (Å²) < 4.78 is 0. The highest BCUT2D eigenvalue weighted by Crippen LogP contribution is 2.31. The van der Waals surface area contributed by atoms with Crippen molar-refractivity contribution in [3.05, 3.63) is 35.9 Å². The fraction of sp³-hybridized carbons (Fsp3) is 0.600. The molecule has 0 bridgehead atoms. The molecule has 1 aromatic carbocycles. The Morgan fingerprint density at radius 3 is 2.53 bits per heavy atom. The van der Waals surface area contributed by atoms with Crippen LogP contribution < -0.4 is 0 Å². The number of hydrogen-bond donors (Lipinski definition) is 2. The maximum atomic E-state index is 10.2. The van der Waals surface area contributed by atoms with Crippen LogP contribution in [0.4, 0.5) is 0 Å². The molecule has 3 atom stereocenters. The van der Waals surface area contributed by atoms with Crippen LogP contribution in [0.25, 0.3) is 0 Å². The van der Waals surface area contributed by atoms with Crippen LogP contribution in [-0.2, 0) is 0 Å². The first-order valence-corrected chi connectivity index (χ1v) is 6.68. The van der Waals surface area contributed by atoms with Crippen molar-refractivity contribution in [3.63, 3.8) is 0 Å². The fourth-order valence-electron chi connectivity index (χ4n) is 2.74. The summed E-state index contributed by atoms with van der Waals surface area (Å²) in [5, 5.41) is 20.2. The van der Waals surface area contributed by atoms with Gasteiger partial charge in [0.15, 0.2) is 0 Å². The van der Waals surface area contributed by atoms with Gasteiger partial charge in [-0.25, -0.2) is 0 Å². The van der Waals surface area contributed by atoms with Gasteiger partial charge >= 0.3 is 0 Å². The van der Waals surface area contributed by atoms with Crippen LogP contribution in [0, 0.1) is 5.92 Å². The summed E-state index contributed by atoms with van der Waals surface area (Å²) in [6, 6.07) is 9.75. The molecular formula is C15H22O2. The predicted molar refractivity (Wildman–Crippen MR) is 68.6 cm³/mol. The van der Waals surface area contributed by atoms with Crippen LogP contribution in [0.2, 0.25) is 0 Å². The Morgan fingerprint density at radius 2 is 1.76 bits per heavy atom. The van der Waals surface area contributed by atoms with Gasteiger partial charge in [-0.1, -0.05) is 49.6 Å². The van der Waals surface area contributed by atoms with E-state index in [2.05, 4.69) is 0 Å². The van der Waals surface area contributed by atoms with Gasteiger partial charge in [0.1, 0.15) is 0 Å². The normalized spacial score (nSPS) is 27.4. The van der Waals surface area contributed by atoms with E-state index in [0.29, 0.717) is 6.42 Å². The Kier molecular flexibility index (Phi) is 4.57. The molecule has 1 fully saturated rings. The van der Waals surface area contributed by atoms with Crippen LogP contribution in [0.1, 0.15) is 50.2 Å². The Morgan fingerprint density at radius 1 is 1.06 bits per heavy atom. The predicted octanol–water partition coefficient (Wildman–Crippen LogP) is 3.05. The molecule has 2 rings (SSSR count). The third-order valence-electron chi connectivity index (χ3n) is 3.83. The molecule has 0 aromatic heterocycles. The lowest BCUT2D eigenvalue weighted by Crippen LogP contribution is -2.21. The molecule has 2 N–H and O–H groups in total. The number of aliphatic hydroxyl groups excluding tert-OH is 2. The first-order chi connectivity index (χ1) is 8.27. The summed E-state index contributed by atoms with van der Waals surface area (Å²) in [6.07, 6.45) is 5.49. The zero-order valence-electron chi connectivity index (χ0n) is 10.3. The highest BCUT2D eigenvalue weighted by Gasteiger charge is 2.24. The Labute approximate surface area is 103 Å². The largest absolute Gasteiger partial charge is 0.393 e. The smallest absolute Gasteiger partial charge is 0.0793 e. The Hall–Kier alpha value is -0.860. The average Bonchev–Trinajstić information content (AvgIpc) is 2.56. The van der Waals surface area contributed by atoms with Gasteiger partial charge in [0.2, 0.25) is 0 Å². The Balaban J connectivity index is 1.95. The van der Waals surface area contributed by atoms with Crippen molar-refractivity contribution in [3.8, 4) is 0 Å². The second kappa shape index (κ2) is 6.18. The number of rotatable bonds is 3. The molecule has 17 heavy (non-hydrogen) atoms. The number of aliphatic hydroxyl groups is 2. The summed E-state index contributed by atoms with van der Waals surface area (Å²) in [5.41, 5.74) is 0.962. The van der Waals surface area contributed by atoms with Crippen molar-refractivity contribution in [2.24, 2.45) is 5.92 Å². The van der Waals surface area contributed by atoms with Gasteiger partial charge in [-0.05, 0) is 30.7 Å². The minimum absolute atomic E-state index is 0.226. The lowest BCUT2D eigenvalue weighted by Gasteiger charge is -2.23. The molecule has 1 aromatic rings. The quantitative estimate of drug-likeness (QED) is 0.789. The summed E-state index contributed by atoms with van der Waals surface area (Å²) in [6.45, 7) is 0. The van der Waals surface area contributed by atoms with E-state index in [0.717, 1.165) is 24.8 Å². The topological polar surface area (TPSA) is 40.5 Å². The van der Waals surface area contributed by atoms with Gasteiger partial charge in [-0.2, -0.15) is 0 Å². The van der Waals surface area contributed by atoms with Crippen molar-refractivity contribution < 1.29 is 10.2 Å².